The molecule has 0 radical (unpaired) electrons. The number of hydrogen-bond acceptors (Lipinski definition) is 3. The van der Waals surface area contributed by atoms with Gasteiger partial charge < -0.3 is 5.32 Å². The van der Waals surface area contributed by atoms with Crippen molar-refractivity contribution in [2.45, 2.75) is 26.3 Å². The van der Waals surface area contributed by atoms with E-state index in [4.69, 9.17) is 16.9 Å². The molecule has 2 rings (SSSR count). The molecule has 1 N–H and O–H groups in total. The molecule has 102 valence electrons. The van der Waals surface area contributed by atoms with Crippen molar-refractivity contribution in [2.24, 2.45) is 0 Å². The number of aromatic nitrogens is 1. The van der Waals surface area contributed by atoms with Gasteiger partial charge in [0.1, 0.15) is 17.0 Å². The monoisotopic (exact) mass is 285 g/mol. The Bertz CT molecular complexity index is 634. The highest BCUT2D eigenvalue weighted by Gasteiger charge is 2.21. The van der Waals surface area contributed by atoms with Crippen molar-refractivity contribution in [3.63, 3.8) is 0 Å². The lowest BCUT2D eigenvalue weighted by atomic mass is 9.94. The van der Waals surface area contributed by atoms with Crippen LogP contribution in [0.2, 0.25) is 5.15 Å². The van der Waals surface area contributed by atoms with Crippen LogP contribution in [0.15, 0.2) is 36.4 Å². The molecule has 0 aliphatic rings. The van der Waals surface area contributed by atoms with Crippen molar-refractivity contribution < 1.29 is 0 Å². The highest BCUT2D eigenvalue weighted by molar-refractivity contribution is 6.30. The maximum atomic E-state index is 9.01. The number of aryl methyl sites for hydroxylation is 1. The van der Waals surface area contributed by atoms with Gasteiger partial charge in [0.05, 0.1) is 11.1 Å². The molecule has 0 unspecified atom stereocenters. The van der Waals surface area contributed by atoms with Crippen LogP contribution in [0.3, 0.4) is 0 Å². The number of nitrogens with one attached hydrogen (secondary N) is 1. The fourth-order valence-electron chi connectivity index (χ4n) is 2.08. The Morgan fingerprint density at radius 3 is 2.45 bits per heavy atom. The normalized spacial score (nSPS) is 10.9. The van der Waals surface area contributed by atoms with Crippen LogP contribution in [0.5, 0.6) is 0 Å². The van der Waals surface area contributed by atoms with Crippen molar-refractivity contribution in [3.05, 3.63) is 58.2 Å². The summed E-state index contributed by atoms with van der Waals surface area (Å²) in [5.74, 6) is 0.667. The quantitative estimate of drug-likeness (QED) is 0.857. The number of pyridine rings is 1. The Hall–Kier alpha value is -2.05. The largest absolute Gasteiger partial charge is 0.361 e. The zero-order chi connectivity index (χ0) is 14.8. The molecule has 0 saturated carbocycles. The van der Waals surface area contributed by atoms with Crippen molar-refractivity contribution in [2.75, 3.05) is 5.32 Å². The highest BCUT2D eigenvalue weighted by atomic mass is 35.5. The van der Waals surface area contributed by atoms with E-state index in [0.29, 0.717) is 11.4 Å². The number of nitriles is 1. The molecular formula is C16H16ClN3. The van der Waals surface area contributed by atoms with E-state index in [1.165, 1.54) is 0 Å². The maximum absolute atomic E-state index is 9.01. The topological polar surface area (TPSA) is 48.7 Å². The van der Waals surface area contributed by atoms with E-state index >= 15 is 0 Å². The lowest BCUT2D eigenvalue weighted by molar-refractivity contribution is 0.606. The Morgan fingerprint density at radius 2 is 1.90 bits per heavy atom. The lowest BCUT2D eigenvalue weighted by Gasteiger charge is -2.28. The van der Waals surface area contributed by atoms with Gasteiger partial charge in [0, 0.05) is 0 Å². The summed E-state index contributed by atoms with van der Waals surface area (Å²) in [6, 6.07) is 14.0. The van der Waals surface area contributed by atoms with Crippen LogP contribution >= 0.6 is 11.6 Å². The first kappa shape index (κ1) is 14.4. The fraction of sp³-hybridized carbons (Fsp3) is 0.250. The molecule has 0 amide bonds. The molecule has 0 saturated heterocycles. The predicted octanol–water partition coefficient (Wildman–Crippen LogP) is 4.26. The average Bonchev–Trinajstić information content (AvgIpc) is 2.39. The fourth-order valence-corrected chi connectivity index (χ4v) is 2.36. The van der Waals surface area contributed by atoms with Gasteiger partial charge in [0.15, 0.2) is 0 Å². The second-order valence-electron chi connectivity index (χ2n) is 5.22. The van der Waals surface area contributed by atoms with Crippen molar-refractivity contribution in [1.29, 1.82) is 5.26 Å². The van der Waals surface area contributed by atoms with Gasteiger partial charge in [-0.05, 0) is 38.0 Å². The van der Waals surface area contributed by atoms with E-state index < -0.39 is 0 Å². The number of benzene rings is 1. The van der Waals surface area contributed by atoms with E-state index in [9.17, 15) is 0 Å². The minimum Gasteiger partial charge on any atom is -0.361 e. The molecule has 0 spiro atoms. The summed E-state index contributed by atoms with van der Waals surface area (Å²) in [4.78, 5) is 4.25. The van der Waals surface area contributed by atoms with E-state index in [-0.39, 0.29) is 10.7 Å². The van der Waals surface area contributed by atoms with Crippen LogP contribution in [-0.2, 0) is 5.54 Å². The third-order valence-electron chi connectivity index (χ3n) is 3.22. The Morgan fingerprint density at radius 1 is 1.25 bits per heavy atom. The van der Waals surface area contributed by atoms with Gasteiger partial charge in [-0.3, -0.25) is 0 Å². The van der Waals surface area contributed by atoms with Gasteiger partial charge in [0.25, 0.3) is 0 Å². The highest BCUT2D eigenvalue weighted by Crippen LogP contribution is 2.27. The van der Waals surface area contributed by atoms with E-state index in [2.05, 4.69) is 42.4 Å². The van der Waals surface area contributed by atoms with E-state index in [0.717, 1.165) is 11.1 Å². The summed E-state index contributed by atoms with van der Waals surface area (Å²) in [5.41, 5.74) is 2.12. The van der Waals surface area contributed by atoms with Crippen LogP contribution < -0.4 is 5.32 Å². The average molecular weight is 286 g/mol. The molecule has 0 aliphatic carbocycles. The third kappa shape index (κ3) is 2.92. The van der Waals surface area contributed by atoms with Gasteiger partial charge in [-0.2, -0.15) is 5.26 Å². The minimum absolute atomic E-state index is 0.235. The first-order valence-corrected chi connectivity index (χ1v) is 6.73. The summed E-state index contributed by atoms with van der Waals surface area (Å²) in [6.07, 6.45) is 0. The van der Waals surface area contributed by atoms with Gasteiger partial charge in [-0.25, -0.2) is 4.98 Å². The Kier molecular flexibility index (Phi) is 3.96. The predicted molar refractivity (Wildman–Crippen MR) is 81.8 cm³/mol. The van der Waals surface area contributed by atoms with Crippen molar-refractivity contribution in [3.8, 4) is 6.07 Å². The Balaban J connectivity index is 2.33. The Labute approximate surface area is 124 Å². The van der Waals surface area contributed by atoms with Crippen LogP contribution in [-0.4, -0.2) is 4.98 Å². The number of anilines is 1. The molecule has 0 aliphatic heterocycles. The summed E-state index contributed by atoms with van der Waals surface area (Å²) >= 11 is 6.04. The zero-order valence-electron chi connectivity index (χ0n) is 11.7. The molecule has 3 nitrogen and oxygen atoms in total. The molecular weight excluding hydrogens is 270 g/mol. The number of nitrogens with zero attached hydrogens (tertiary/aromatic N) is 2. The SMILES string of the molecule is Cc1cc(NC(C)(C)c2ccccc2)nc(Cl)c1C#N. The second-order valence-corrected chi connectivity index (χ2v) is 5.58. The van der Waals surface area contributed by atoms with Crippen LogP contribution in [0.25, 0.3) is 0 Å². The van der Waals surface area contributed by atoms with Gasteiger partial charge >= 0.3 is 0 Å². The van der Waals surface area contributed by atoms with Crippen molar-refractivity contribution >= 4 is 17.4 Å². The van der Waals surface area contributed by atoms with Gasteiger partial charge in [0.2, 0.25) is 0 Å². The lowest BCUT2D eigenvalue weighted by Crippen LogP contribution is -2.28. The number of rotatable bonds is 3. The summed E-state index contributed by atoms with van der Waals surface area (Å²) in [7, 11) is 0. The molecule has 1 aromatic carbocycles. The summed E-state index contributed by atoms with van der Waals surface area (Å²) in [6.45, 7) is 6.00. The van der Waals surface area contributed by atoms with Crippen molar-refractivity contribution in [1.82, 2.24) is 4.98 Å². The van der Waals surface area contributed by atoms with E-state index in [1.807, 2.05) is 31.2 Å². The number of hydrogen-bond donors (Lipinski definition) is 1. The van der Waals surface area contributed by atoms with Crippen LogP contribution in [0.1, 0.15) is 30.5 Å². The zero-order valence-corrected chi connectivity index (χ0v) is 12.5. The molecule has 4 heteroatoms. The maximum Gasteiger partial charge on any atom is 0.149 e. The molecule has 2 aromatic rings. The molecule has 1 heterocycles. The standard InChI is InChI=1S/C16H16ClN3/c1-11-9-14(19-15(17)13(11)10-18)20-16(2,3)12-7-5-4-6-8-12/h4-9H,1-3H3,(H,19,20). The minimum atomic E-state index is -0.280. The van der Waals surface area contributed by atoms with Gasteiger partial charge in [-0.1, -0.05) is 41.9 Å². The molecule has 20 heavy (non-hydrogen) atoms. The molecule has 0 fully saturated rings. The number of halogens is 1. The summed E-state index contributed by atoms with van der Waals surface area (Å²) in [5, 5.41) is 12.6. The second kappa shape index (κ2) is 5.52. The first-order chi connectivity index (χ1) is 9.44. The smallest absolute Gasteiger partial charge is 0.149 e. The van der Waals surface area contributed by atoms with E-state index in [1.54, 1.807) is 0 Å². The summed E-state index contributed by atoms with van der Waals surface area (Å²) < 4.78 is 0. The van der Waals surface area contributed by atoms with Crippen LogP contribution in [0, 0.1) is 18.3 Å². The molecule has 0 atom stereocenters. The molecule has 1 aromatic heterocycles. The molecule has 0 bridgehead atoms. The van der Waals surface area contributed by atoms with Crippen LogP contribution in [0.4, 0.5) is 5.82 Å². The third-order valence-corrected chi connectivity index (χ3v) is 3.49. The first-order valence-electron chi connectivity index (χ1n) is 6.35. The van der Waals surface area contributed by atoms with Gasteiger partial charge in [-0.15, -0.1) is 0 Å².